The SMILES string of the molecule is CNc1ccc(CN2CCNCC2)cc1C. The van der Waals surface area contributed by atoms with Crippen LogP contribution in [0.5, 0.6) is 0 Å². The Morgan fingerprint density at radius 2 is 2.06 bits per heavy atom. The van der Waals surface area contributed by atoms with E-state index < -0.39 is 0 Å². The fourth-order valence-electron chi connectivity index (χ4n) is 2.23. The summed E-state index contributed by atoms with van der Waals surface area (Å²) >= 11 is 0. The van der Waals surface area contributed by atoms with E-state index in [0.29, 0.717) is 0 Å². The van der Waals surface area contributed by atoms with Crippen molar-refractivity contribution in [3.05, 3.63) is 29.3 Å². The molecule has 16 heavy (non-hydrogen) atoms. The van der Waals surface area contributed by atoms with Crippen LogP contribution in [-0.4, -0.2) is 38.1 Å². The summed E-state index contributed by atoms with van der Waals surface area (Å²) in [6.07, 6.45) is 0. The highest BCUT2D eigenvalue weighted by atomic mass is 15.2. The Morgan fingerprint density at radius 1 is 1.31 bits per heavy atom. The van der Waals surface area contributed by atoms with Crippen molar-refractivity contribution in [1.82, 2.24) is 10.2 Å². The molecule has 0 unspecified atom stereocenters. The molecule has 1 aromatic rings. The molecule has 1 aliphatic heterocycles. The summed E-state index contributed by atoms with van der Waals surface area (Å²) in [6.45, 7) is 7.79. The molecule has 0 amide bonds. The van der Waals surface area contributed by atoms with Gasteiger partial charge in [-0.1, -0.05) is 12.1 Å². The van der Waals surface area contributed by atoms with E-state index in [9.17, 15) is 0 Å². The highest BCUT2D eigenvalue weighted by Gasteiger charge is 2.10. The second-order valence-corrected chi connectivity index (χ2v) is 4.43. The van der Waals surface area contributed by atoms with Crippen molar-refractivity contribution in [1.29, 1.82) is 0 Å². The number of hydrogen-bond acceptors (Lipinski definition) is 3. The maximum absolute atomic E-state index is 3.38. The van der Waals surface area contributed by atoms with Crippen molar-refractivity contribution in [2.24, 2.45) is 0 Å². The predicted octanol–water partition coefficient (Wildman–Crippen LogP) is 1.44. The van der Waals surface area contributed by atoms with Gasteiger partial charge < -0.3 is 10.6 Å². The third-order valence-corrected chi connectivity index (χ3v) is 3.18. The van der Waals surface area contributed by atoms with Gasteiger partial charge in [0, 0.05) is 45.5 Å². The zero-order chi connectivity index (χ0) is 11.4. The van der Waals surface area contributed by atoms with E-state index in [0.717, 1.165) is 32.7 Å². The third-order valence-electron chi connectivity index (χ3n) is 3.18. The van der Waals surface area contributed by atoms with Gasteiger partial charge in [-0.05, 0) is 24.1 Å². The topological polar surface area (TPSA) is 27.3 Å². The van der Waals surface area contributed by atoms with Crippen molar-refractivity contribution in [3.8, 4) is 0 Å². The zero-order valence-electron chi connectivity index (χ0n) is 10.2. The van der Waals surface area contributed by atoms with Crippen LogP contribution in [0.2, 0.25) is 0 Å². The van der Waals surface area contributed by atoms with E-state index in [4.69, 9.17) is 0 Å². The summed E-state index contributed by atoms with van der Waals surface area (Å²) < 4.78 is 0. The van der Waals surface area contributed by atoms with Crippen LogP contribution in [0.1, 0.15) is 11.1 Å². The van der Waals surface area contributed by atoms with Gasteiger partial charge in [0.05, 0.1) is 0 Å². The third kappa shape index (κ3) is 2.74. The number of aryl methyl sites for hydroxylation is 1. The first kappa shape index (κ1) is 11.4. The molecule has 88 valence electrons. The average Bonchev–Trinajstić information content (AvgIpc) is 2.31. The molecule has 0 radical (unpaired) electrons. The van der Waals surface area contributed by atoms with Gasteiger partial charge in [-0.3, -0.25) is 4.90 Å². The van der Waals surface area contributed by atoms with Gasteiger partial charge in [0.15, 0.2) is 0 Å². The quantitative estimate of drug-likeness (QED) is 0.805. The standard InChI is InChI=1S/C13H21N3/c1-11-9-12(3-4-13(11)14-2)10-16-7-5-15-6-8-16/h3-4,9,14-15H,5-8,10H2,1-2H3. The Morgan fingerprint density at radius 3 is 2.69 bits per heavy atom. The molecule has 0 aliphatic carbocycles. The van der Waals surface area contributed by atoms with Gasteiger partial charge in [-0.15, -0.1) is 0 Å². The Bertz CT molecular complexity index is 343. The molecule has 1 heterocycles. The minimum atomic E-state index is 1.08. The minimum Gasteiger partial charge on any atom is -0.388 e. The lowest BCUT2D eigenvalue weighted by Gasteiger charge is -2.27. The summed E-state index contributed by atoms with van der Waals surface area (Å²) in [5, 5.41) is 6.58. The number of piperazine rings is 1. The van der Waals surface area contributed by atoms with E-state index in [2.05, 4.69) is 40.7 Å². The maximum atomic E-state index is 3.38. The molecule has 1 fully saturated rings. The van der Waals surface area contributed by atoms with Crippen LogP contribution >= 0.6 is 0 Å². The summed E-state index contributed by atoms with van der Waals surface area (Å²) in [5.41, 5.74) is 3.97. The highest BCUT2D eigenvalue weighted by Crippen LogP contribution is 2.17. The molecule has 0 bridgehead atoms. The number of hydrogen-bond donors (Lipinski definition) is 2. The van der Waals surface area contributed by atoms with Crippen LogP contribution < -0.4 is 10.6 Å². The summed E-state index contributed by atoms with van der Waals surface area (Å²) in [6, 6.07) is 6.68. The molecular formula is C13H21N3. The summed E-state index contributed by atoms with van der Waals surface area (Å²) in [7, 11) is 1.97. The lowest BCUT2D eigenvalue weighted by molar-refractivity contribution is 0.233. The molecule has 1 saturated heterocycles. The fraction of sp³-hybridized carbons (Fsp3) is 0.538. The van der Waals surface area contributed by atoms with Gasteiger partial charge in [0.25, 0.3) is 0 Å². The number of benzene rings is 1. The minimum absolute atomic E-state index is 1.08. The number of anilines is 1. The second kappa shape index (κ2) is 5.32. The van der Waals surface area contributed by atoms with Crippen molar-refractivity contribution in [2.75, 3.05) is 38.5 Å². The number of rotatable bonds is 3. The summed E-state index contributed by atoms with van der Waals surface area (Å²) in [4.78, 5) is 2.50. The fourth-order valence-corrected chi connectivity index (χ4v) is 2.23. The molecule has 3 nitrogen and oxygen atoms in total. The smallest absolute Gasteiger partial charge is 0.0367 e. The molecule has 0 spiro atoms. The molecule has 2 rings (SSSR count). The van der Waals surface area contributed by atoms with Gasteiger partial charge in [0.2, 0.25) is 0 Å². The molecule has 2 N–H and O–H groups in total. The Labute approximate surface area is 97.8 Å². The van der Waals surface area contributed by atoms with Crippen molar-refractivity contribution >= 4 is 5.69 Å². The van der Waals surface area contributed by atoms with E-state index in [1.807, 2.05) is 7.05 Å². The van der Waals surface area contributed by atoms with Crippen molar-refractivity contribution in [2.45, 2.75) is 13.5 Å². The van der Waals surface area contributed by atoms with Crippen molar-refractivity contribution < 1.29 is 0 Å². The Hall–Kier alpha value is -1.06. The van der Waals surface area contributed by atoms with E-state index in [1.165, 1.54) is 16.8 Å². The molecular weight excluding hydrogens is 198 g/mol. The van der Waals surface area contributed by atoms with Gasteiger partial charge >= 0.3 is 0 Å². The zero-order valence-corrected chi connectivity index (χ0v) is 10.2. The van der Waals surface area contributed by atoms with Crippen LogP contribution in [-0.2, 0) is 6.54 Å². The lowest BCUT2D eigenvalue weighted by Crippen LogP contribution is -2.42. The van der Waals surface area contributed by atoms with Crippen LogP contribution in [0.15, 0.2) is 18.2 Å². The maximum Gasteiger partial charge on any atom is 0.0367 e. The normalized spacial score (nSPS) is 17.4. The summed E-state index contributed by atoms with van der Waals surface area (Å²) in [5.74, 6) is 0. The van der Waals surface area contributed by atoms with Gasteiger partial charge in [0.1, 0.15) is 0 Å². The first-order chi connectivity index (χ1) is 7.79. The van der Waals surface area contributed by atoms with Gasteiger partial charge in [-0.2, -0.15) is 0 Å². The lowest BCUT2D eigenvalue weighted by atomic mass is 10.1. The predicted molar refractivity (Wildman–Crippen MR) is 68.9 cm³/mol. The Balaban J connectivity index is 2.01. The second-order valence-electron chi connectivity index (χ2n) is 4.43. The first-order valence-electron chi connectivity index (χ1n) is 6.00. The average molecular weight is 219 g/mol. The van der Waals surface area contributed by atoms with E-state index in [1.54, 1.807) is 0 Å². The number of nitrogens with zero attached hydrogens (tertiary/aromatic N) is 1. The van der Waals surface area contributed by atoms with Crippen LogP contribution in [0.3, 0.4) is 0 Å². The molecule has 0 saturated carbocycles. The molecule has 0 aromatic heterocycles. The molecule has 3 heteroatoms. The van der Waals surface area contributed by atoms with Gasteiger partial charge in [-0.25, -0.2) is 0 Å². The largest absolute Gasteiger partial charge is 0.388 e. The molecule has 0 atom stereocenters. The van der Waals surface area contributed by atoms with Crippen LogP contribution in [0.25, 0.3) is 0 Å². The first-order valence-corrected chi connectivity index (χ1v) is 6.00. The Kier molecular flexibility index (Phi) is 3.80. The van der Waals surface area contributed by atoms with Crippen molar-refractivity contribution in [3.63, 3.8) is 0 Å². The monoisotopic (exact) mass is 219 g/mol. The molecule has 1 aromatic carbocycles. The van der Waals surface area contributed by atoms with E-state index in [-0.39, 0.29) is 0 Å². The van der Waals surface area contributed by atoms with Crippen LogP contribution in [0.4, 0.5) is 5.69 Å². The molecule has 1 aliphatic rings. The number of nitrogens with one attached hydrogen (secondary N) is 2. The highest BCUT2D eigenvalue weighted by molar-refractivity contribution is 5.51. The van der Waals surface area contributed by atoms with E-state index >= 15 is 0 Å². The van der Waals surface area contributed by atoms with Crippen LogP contribution in [0, 0.1) is 6.92 Å².